The zero-order chi connectivity index (χ0) is 11.7. The molecule has 0 atom stereocenters. The van der Waals surface area contributed by atoms with E-state index in [1.165, 1.54) is 0 Å². The molecule has 3 aromatic rings. The molecule has 84 valence electrons. The highest BCUT2D eigenvalue weighted by Crippen LogP contribution is 2.17. The number of halogens is 1. The summed E-state index contributed by atoms with van der Waals surface area (Å²) in [5.41, 5.74) is 5.04. The maximum Gasteiger partial charge on any atom is 0.0959 e. The van der Waals surface area contributed by atoms with E-state index >= 15 is 0 Å². The predicted octanol–water partition coefficient (Wildman–Crippen LogP) is 3.56. The topological polar surface area (TPSA) is 29.9 Å². The van der Waals surface area contributed by atoms with Gasteiger partial charge in [0.2, 0.25) is 0 Å². The summed E-state index contributed by atoms with van der Waals surface area (Å²) >= 11 is 5.92. The van der Waals surface area contributed by atoms with Crippen LogP contribution in [0.4, 0.5) is 5.69 Å². The average molecular weight is 244 g/mol. The Morgan fingerprint density at radius 1 is 1.06 bits per heavy atom. The minimum Gasteiger partial charge on any atom is -0.278 e. The van der Waals surface area contributed by atoms with Crippen molar-refractivity contribution < 1.29 is 0 Å². The molecule has 4 heteroatoms. The molecule has 17 heavy (non-hydrogen) atoms. The molecule has 0 aliphatic carbocycles. The molecule has 0 saturated heterocycles. The molecule has 0 radical (unpaired) electrons. The number of hydrogen-bond donors (Lipinski definition) is 1. The third-order valence-corrected chi connectivity index (χ3v) is 2.72. The van der Waals surface area contributed by atoms with Gasteiger partial charge in [-0.2, -0.15) is 9.89 Å². The maximum absolute atomic E-state index is 5.92. The fourth-order valence-corrected chi connectivity index (χ4v) is 1.86. The van der Waals surface area contributed by atoms with Gasteiger partial charge in [0, 0.05) is 10.4 Å². The van der Waals surface area contributed by atoms with E-state index in [0.717, 1.165) is 16.6 Å². The van der Waals surface area contributed by atoms with Crippen LogP contribution in [-0.2, 0) is 0 Å². The first kappa shape index (κ1) is 10.2. The lowest BCUT2D eigenvalue weighted by atomic mass is 10.3. The first-order valence-corrected chi connectivity index (χ1v) is 5.66. The Hall–Kier alpha value is -2.00. The maximum atomic E-state index is 5.92. The highest BCUT2D eigenvalue weighted by Gasteiger charge is 2.01. The van der Waals surface area contributed by atoms with E-state index in [1.54, 1.807) is 4.79 Å². The third kappa shape index (κ3) is 2.10. The average Bonchev–Trinajstić information content (AvgIpc) is 2.71. The Morgan fingerprint density at radius 3 is 2.71 bits per heavy atom. The zero-order valence-corrected chi connectivity index (χ0v) is 9.72. The molecule has 1 aromatic heterocycles. The Labute approximate surface area is 104 Å². The number of para-hydroxylation sites is 1. The minimum atomic E-state index is 0.697. The fraction of sp³-hybridized carbons (Fsp3) is 0. The summed E-state index contributed by atoms with van der Waals surface area (Å²) in [4.78, 5) is 1.69. The van der Waals surface area contributed by atoms with Crippen molar-refractivity contribution in [2.24, 2.45) is 0 Å². The van der Waals surface area contributed by atoms with Crippen molar-refractivity contribution >= 4 is 28.2 Å². The summed E-state index contributed by atoms with van der Waals surface area (Å²) in [6.07, 6.45) is 1.93. The minimum absolute atomic E-state index is 0.697. The normalized spacial score (nSPS) is 10.6. The van der Waals surface area contributed by atoms with Gasteiger partial charge in [-0.15, -0.1) is 0 Å². The van der Waals surface area contributed by atoms with Crippen molar-refractivity contribution in [3.8, 4) is 0 Å². The van der Waals surface area contributed by atoms with E-state index in [9.17, 15) is 0 Å². The van der Waals surface area contributed by atoms with E-state index in [2.05, 4.69) is 10.5 Å². The van der Waals surface area contributed by atoms with Gasteiger partial charge in [-0.05, 0) is 30.3 Å². The van der Waals surface area contributed by atoms with Gasteiger partial charge >= 0.3 is 0 Å². The number of rotatable bonds is 2. The molecule has 0 amide bonds. The van der Waals surface area contributed by atoms with Crippen LogP contribution in [0.5, 0.6) is 0 Å². The van der Waals surface area contributed by atoms with Gasteiger partial charge in [-0.25, -0.2) is 0 Å². The van der Waals surface area contributed by atoms with E-state index in [0.29, 0.717) is 5.02 Å². The van der Waals surface area contributed by atoms with Crippen LogP contribution in [0.25, 0.3) is 10.9 Å². The molecule has 0 spiro atoms. The van der Waals surface area contributed by atoms with Gasteiger partial charge in [-0.3, -0.25) is 5.43 Å². The van der Waals surface area contributed by atoms with Crippen LogP contribution >= 0.6 is 11.6 Å². The second kappa shape index (κ2) is 4.11. The lowest BCUT2D eigenvalue weighted by Gasteiger charge is -2.04. The Kier molecular flexibility index (Phi) is 2.46. The first-order chi connectivity index (χ1) is 8.31. The van der Waals surface area contributed by atoms with Crippen LogP contribution in [-0.4, -0.2) is 9.89 Å². The number of hydrogen-bond acceptors (Lipinski definition) is 2. The first-order valence-electron chi connectivity index (χ1n) is 5.28. The third-order valence-electron chi connectivity index (χ3n) is 2.49. The van der Waals surface area contributed by atoms with E-state index in [-0.39, 0.29) is 0 Å². The van der Waals surface area contributed by atoms with Crippen LogP contribution in [0.2, 0.25) is 5.02 Å². The Bertz CT molecular complexity index is 646. The van der Waals surface area contributed by atoms with Gasteiger partial charge < -0.3 is 0 Å². The van der Waals surface area contributed by atoms with Crippen molar-refractivity contribution in [3.63, 3.8) is 0 Å². The molecular formula is C13H10ClN3. The highest BCUT2D eigenvalue weighted by atomic mass is 35.5. The Balaban J connectivity index is 1.96. The molecule has 0 aliphatic heterocycles. The van der Waals surface area contributed by atoms with Gasteiger partial charge in [0.1, 0.15) is 0 Å². The standard InChI is InChI=1S/C13H10ClN3/c14-11-7-6-10-9-17(16-13(10)8-11)15-12-4-2-1-3-5-12/h1-9,15H. The van der Waals surface area contributed by atoms with Gasteiger partial charge in [0.25, 0.3) is 0 Å². The van der Waals surface area contributed by atoms with Crippen molar-refractivity contribution in [2.45, 2.75) is 0 Å². The number of benzene rings is 2. The summed E-state index contributed by atoms with van der Waals surface area (Å²) in [6.45, 7) is 0. The van der Waals surface area contributed by atoms with Crippen LogP contribution in [0.3, 0.4) is 0 Å². The van der Waals surface area contributed by atoms with E-state index < -0.39 is 0 Å². The highest BCUT2D eigenvalue weighted by molar-refractivity contribution is 6.31. The van der Waals surface area contributed by atoms with Crippen LogP contribution in [0.1, 0.15) is 0 Å². The number of nitrogens with one attached hydrogen (secondary N) is 1. The van der Waals surface area contributed by atoms with E-state index in [4.69, 9.17) is 11.6 Å². The number of anilines is 1. The molecule has 0 unspecified atom stereocenters. The molecule has 0 bridgehead atoms. The lowest BCUT2D eigenvalue weighted by Crippen LogP contribution is -2.08. The fourth-order valence-electron chi connectivity index (χ4n) is 1.69. The van der Waals surface area contributed by atoms with E-state index in [1.807, 2.05) is 54.7 Å². The van der Waals surface area contributed by atoms with Crippen LogP contribution in [0.15, 0.2) is 54.7 Å². The molecule has 1 N–H and O–H groups in total. The van der Waals surface area contributed by atoms with Crippen molar-refractivity contribution in [1.29, 1.82) is 0 Å². The summed E-state index contributed by atoms with van der Waals surface area (Å²) < 4.78 is 0. The molecule has 0 fully saturated rings. The predicted molar refractivity (Wildman–Crippen MR) is 70.2 cm³/mol. The second-order valence-electron chi connectivity index (χ2n) is 3.75. The molecule has 3 rings (SSSR count). The number of fused-ring (bicyclic) bond motifs is 1. The molecule has 0 saturated carbocycles. The number of nitrogens with zero attached hydrogens (tertiary/aromatic N) is 2. The quantitative estimate of drug-likeness (QED) is 0.746. The monoisotopic (exact) mass is 243 g/mol. The van der Waals surface area contributed by atoms with Crippen LogP contribution in [0, 0.1) is 0 Å². The zero-order valence-electron chi connectivity index (χ0n) is 8.97. The van der Waals surface area contributed by atoms with Crippen molar-refractivity contribution in [3.05, 3.63) is 59.8 Å². The van der Waals surface area contributed by atoms with Crippen molar-refractivity contribution in [1.82, 2.24) is 9.89 Å². The number of aromatic nitrogens is 2. The van der Waals surface area contributed by atoms with Crippen molar-refractivity contribution in [2.75, 3.05) is 5.43 Å². The largest absolute Gasteiger partial charge is 0.278 e. The van der Waals surface area contributed by atoms with Crippen LogP contribution < -0.4 is 5.43 Å². The molecule has 0 aliphatic rings. The molecule has 1 heterocycles. The van der Waals surface area contributed by atoms with Gasteiger partial charge in [0.15, 0.2) is 0 Å². The summed E-state index contributed by atoms with van der Waals surface area (Å²) in [5.74, 6) is 0. The Morgan fingerprint density at radius 2 is 1.88 bits per heavy atom. The molecule has 3 nitrogen and oxygen atoms in total. The summed E-state index contributed by atoms with van der Waals surface area (Å²) in [5, 5.41) is 6.14. The van der Waals surface area contributed by atoms with Gasteiger partial charge in [0.05, 0.1) is 17.4 Å². The van der Waals surface area contributed by atoms with Gasteiger partial charge in [-0.1, -0.05) is 29.8 Å². The lowest BCUT2D eigenvalue weighted by molar-refractivity contribution is 0.816. The SMILES string of the molecule is Clc1ccc2cn(Nc3ccccc3)nc2c1. The summed E-state index contributed by atoms with van der Waals surface area (Å²) in [6, 6.07) is 15.6. The smallest absolute Gasteiger partial charge is 0.0959 e. The molecule has 2 aromatic carbocycles. The second-order valence-corrected chi connectivity index (χ2v) is 4.19. The summed E-state index contributed by atoms with van der Waals surface area (Å²) in [7, 11) is 0. The molecular weight excluding hydrogens is 234 g/mol.